The summed E-state index contributed by atoms with van der Waals surface area (Å²) in [6.45, 7) is 8.58. The van der Waals surface area contributed by atoms with Crippen LogP contribution in [0.5, 0.6) is 0 Å². The normalized spacial score (nSPS) is 11.1. The van der Waals surface area contributed by atoms with Gasteiger partial charge in [-0.3, -0.25) is 9.59 Å². The van der Waals surface area contributed by atoms with E-state index in [9.17, 15) is 9.59 Å². The second kappa shape index (κ2) is 13.4. The Labute approximate surface area is 170 Å². The largest absolute Gasteiger partial charge is 0.383 e. The van der Waals surface area contributed by atoms with Gasteiger partial charge in [-0.1, -0.05) is 40.0 Å². The van der Waals surface area contributed by atoms with Crippen LogP contribution in [0, 0.1) is 5.92 Å². The summed E-state index contributed by atoms with van der Waals surface area (Å²) >= 11 is 0. The van der Waals surface area contributed by atoms with Crippen molar-refractivity contribution in [2.24, 2.45) is 13.0 Å². The molecule has 0 radical (unpaired) electrons. The molecular weight excluding hydrogens is 354 g/mol. The average molecular weight is 394 g/mol. The summed E-state index contributed by atoms with van der Waals surface area (Å²) in [5, 5.41) is 0. The van der Waals surface area contributed by atoms with Crippen molar-refractivity contribution in [1.82, 2.24) is 14.4 Å². The minimum atomic E-state index is -0.0270. The Morgan fingerprint density at radius 1 is 1.14 bits per heavy atom. The first-order valence-corrected chi connectivity index (χ1v) is 10.5. The van der Waals surface area contributed by atoms with E-state index in [2.05, 4.69) is 20.8 Å². The van der Waals surface area contributed by atoms with Gasteiger partial charge in [0.2, 0.25) is 11.8 Å². The summed E-state index contributed by atoms with van der Waals surface area (Å²) in [6.07, 6.45) is 6.76. The number of carbonyl (C=O) groups excluding carboxylic acids is 2. The molecule has 0 unspecified atom stereocenters. The van der Waals surface area contributed by atoms with Gasteiger partial charge in [0.05, 0.1) is 19.7 Å². The fourth-order valence-electron chi connectivity index (χ4n) is 3.17. The number of nitrogens with zero attached hydrogens (tertiary/aromatic N) is 3. The van der Waals surface area contributed by atoms with Crippen LogP contribution in [-0.4, -0.2) is 59.5 Å². The number of carbonyl (C=O) groups is 2. The van der Waals surface area contributed by atoms with E-state index < -0.39 is 0 Å². The van der Waals surface area contributed by atoms with Crippen LogP contribution in [0.2, 0.25) is 0 Å². The SMILES string of the molecule is CCCCCCC(=O)N(CC(=O)N(CCOC)Cc1cccn1C)CC(C)C. The number of hydrogen-bond donors (Lipinski definition) is 0. The van der Waals surface area contributed by atoms with Crippen LogP contribution in [0.15, 0.2) is 18.3 Å². The van der Waals surface area contributed by atoms with Crippen molar-refractivity contribution in [2.45, 2.75) is 59.4 Å². The highest BCUT2D eigenvalue weighted by Crippen LogP contribution is 2.10. The van der Waals surface area contributed by atoms with Gasteiger partial charge in [-0.05, 0) is 24.5 Å². The number of amides is 2. The lowest BCUT2D eigenvalue weighted by Gasteiger charge is -2.29. The van der Waals surface area contributed by atoms with Crippen molar-refractivity contribution >= 4 is 11.8 Å². The highest BCUT2D eigenvalue weighted by Gasteiger charge is 2.22. The molecule has 0 saturated carbocycles. The standard InChI is InChI=1S/C22H39N3O3/c1-6-7-8-9-12-21(26)25(16-19(2)3)18-22(27)24(14-15-28-5)17-20-11-10-13-23(20)4/h10-11,13,19H,6-9,12,14-18H2,1-5H3. The molecule has 0 atom stereocenters. The second-order valence-corrected chi connectivity index (χ2v) is 7.90. The second-order valence-electron chi connectivity index (χ2n) is 7.90. The minimum absolute atomic E-state index is 0.0270. The maximum Gasteiger partial charge on any atom is 0.242 e. The van der Waals surface area contributed by atoms with Gasteiger partial charge in [-0.15, -0.1) is 0 Å². The van der Waals surface area contributed by atoms with Crippen LogP contribution in [0.25, 0.3) is 0 Å². The van der Waals surface area contributed by atoms with Crippen LogP contribution in [-0.2, 0) is 27.9 Å². The molecule has 0 saturated heterocycles. The average Bonchev–Trinajstić information content (AvgIpc) is 3.05. The highest BCUT2D eigenvalue weighted by atomic mass is 16.5. The van der Waals surface area contributed by atoms with Crippen molar-refractivity contribution < 1.29 is 14.3 Å². The van der Waals surface area contributed by atoms with Gasteiger partial charge in [-0.25, -0.2) is 0 Å². The predicted molar refractivity (Wildman–Crippen MR) is 113 cm³/mol. The molecule has 160 valence electrons. The Hall–Kier alpha value is -1.82. The molecule has 1 heterocycles. The highest BCUT2D eigenvalue weighted by molar-refractivity contribution is 5.84. The van der Waals surface area contributed by atoms with Crippen molar-refractivity contribution in [3.05, 3.63) is 24.0 Å². The topological polar surface area (TPSA) is 54.8 Å². The molecule has 0 spiro atoms. The molecule has 2 amide bonds. The van der Waals surface area contributed by atoms with E-state index in [1.807, 2.05) is 29.9 Å². The number of unbranched alkanes of at least 4 members (excludes halogenated alkanes) is 3. The third kappa shape index (κ3) is 8.91. The number of hydrogen-bond acceptors (Lipinski definition) is 3. The maximum absolute atomic E-state index is 13.0. The first-order chi connectivity index (χ1) is 13.4. The molecule has 0 aliphatic heterocycles. The molecule has 0 aliphatic rings. The van der Waals surface area contributed by atoms with Crippen LogP contribution in [0.3, 0.4) is 0 Å². The lowest BCUT2D eigenvalue weighted by atomic mass is 10.1. The van der Waals surface area contributed by atoms with Gasteiger partial charge in [0.1, 0.15) is 0 Å². The van der Waals surface area contributed by atoms with Crippen LogP contribution in [0.4, 0.5) is 0 Å². The third-order valence-electron chi connectivity index (χ3n) is 4.83. The zero-order chi connectivity index (χ0) is 20.9. The van der Waals surface area contributed by atoms with E-state index in [0.29, 0.717) is 38.6 Å². The molecule has 6 heteroatoms. The zero-order valence-corrected chi connectivity index (χ0v) is 18.4. The summed E-state index contributed by atoms with van der Waals surface area (Å²) in [7, 11) is 3.61. The summed E-state index contributed by atoms with van der Waals surface area (Å²) < 4.78 is 7.20. The molecule has 0 bridgehead atoms. The molecule has 0 fully saturated rings. The smallest absolute Gasteiger partial charge is 0.242 e. The van der Waals surface area contributed by atoms with E-state index in [0.717, 1.165) is 31.4 Å². The zero-order valence-electron chi connectivity index (χ0n) is 18.4. The lowest BCUT2D eigenvalue weighted by Crippen LogP contribution is -2.45. The van der Waals surface area contributed by atoms with Crippen molar-refractivity contribution in [2.75, 3.05) is 33.4 Å². The first kappa shape index (κ1) is 24.2. The fraction of sp³-hybridized carbons (Fsp3) is 0.727. The molecule has 28 heavy (non-hydrogen) atoms. The molecule has 0 aliphatic carbocycles. The maximum atomic E-state index is 13.0. The van der Waals surface area contributed by atoms with E-state index in [1.54, 1.807) is 16.9 Å². The Morgan fingerprint density at radius 2 is 1.89 bits per heavy atom. The predicted octanol–water partition coefficient (Wildman–Crippen LogP) is 3.46. The van der Waals surface area contributed by atoms with Crippen LogP contribution in [0.1, 0.15) is 58.6 Å². The number of ether oxygens (including phenoxy) is 1. The Balaban J connectivity index is 2.76. The summed E-state index contributed by atoms with van der Waals surface area (Å²) in [6, 6.07) is 3.98. The molecule has 0 aromatic carbocycles. The van der Waals surface area contributed by atoms with Crippen molar-refractivity contribution in [1.29, 1.82) is 0 Å². The molecule has 0 N–H and O–H groups in total. The fourth-order valence-corrected chi connectivity index (χ4v) is 3.17. The van der Waals surface area contributed by atoms with Crippen molar-refractivity contribution in [3.63, 3.8) is 0 Å². The quantitative estimate of drug-likeness (QED) is 0.455. The van der Waals surface area contributed by atoms with E-state index in [1.165, 1.54) is 0 Å². The molecule has 6 nitrogen and oxygen atoms in total. The monoisotopic (exact) mass is 393 g/mol. The Kier molecular flexibility index (Phi) is 11.6. The third-order valence-corrected chi connectivity index (χ3v) is 4.83. The number of methoxy groups -OCH3 is 1. The number of rotatable bonds is 14. The van der Waals surface area contributed by atoms with Gasteiger partial charge in [0.15, 0.2) is 0 Å². The van der Waals surface area contributed by atoms with Crippen LogP contribution < -0.4 is 0 Å². The summed E-state index contributed by atoms with van der Waals surface area (Å²) in [5.74, 6) is 0.386. The summed E-state index contributed by atoms with van der Waals surface area (Å²) in [4.78, 5) is 29.3. The van der Waals surface area contributed by atoms with Gasteiger partial charge in [-0.2, -0.15) is 0 Å². The van der Waals surface area contributed by atoms with Crippen molar-refractivity contribution in [3.8, 4) is 0 Å². The Morgan fingerprint density at radius 3 is 2.46 bits per heavy atom. The molecule has 1 aromatic heterocycles. The van der Waals surface area contributed by atoms with E-state index in [4.69, 9.17) is 4.74 Å². The summed E-state index contributed by atoms with van der Waals surface area (Å²) in [5.41, 5.74) is 1.06. The first-order valence-electron chi connectivity index (χ1n) is 10.5. The van der Waals surface area contributed by atoms with Gasteiger partial charge >= 0.3 is 0 Å². The van der Waals surface area contributed by atoms with Gasteiger partial charge in [0, 0.05) is 45.6 Å². The molecule has 1 aromatic rings. The molecular formula is C22H39N3O3. The minimum Gasteiger partial charge on any atom is -0.383 e. The van der Waals surface area contributed by atoms with Crippen LogP contribution >= 0.6 is 0 Å². The number of aromatic nitrogens is 1. The number of aryl methyl sites for hydroxylation is 1. The lowest BCUT2D eigenvalue weighted by molar-refractivity contribution is -0.141. The van der Waals surface area contributed by atoms with E-state index >= 15 is 0 Å². The van der Waals surface area contributed by atoms with E-state index in [-0.39, 0.29) is 18.4 Å². The van der Waals surface area contributed by atoms with Gasteiger partial charge in [0.25, 0.3) is 0 Å². The molecule has 1 rings (SSSR count). The Bertz CT molecular complexity index is 583. The van der Waals surface area contributed by atoms with Gasteiger partial charge < -0.3 is 19.1 Å².